The predicted molar refractivity (Wildman–Crippen MR) is 78.7 cm³/mol. The van der Waals surface area contributed by atoms with E-state index in [2.05, 4.69) is 6.92 Å². The lowest BCUT2D eigenvalue weighted by Gasteiger charge is -2.40. The van der Waals surface area contributed by atoms with Crippen molar-refractivity contribution in [3.63, 3.8) is 0 Å². The summed E-state index contributed by atoms with van der Waals surface area (Å²) in [7, 11) is -3.68. The van der Waals surface area contributed by atoms with Gasteiger partial charge in [-0.2, -0.15) is 0 Å². The smallest absolute Gasteiger partial charge is 0.225 e. The van der Waals surface area contributed by atoms with Crippen molar-refractivity contribution in [2.75, 3.05) is 0 Å². The molecular weight excluding hydrogens is 282 g/mol. The molecule has 2 rings (SSSR count). The highest BCUT2D eigenvalue weighted by atomic mass is 35.5. The Morgan fingerprint density at radius 2 is 2.11 bits per heavy atom. The molecule has 3 nitrogen and oxygen atoms in total. The van der Waals surface area contributed by atoms with Crippen LogP contribution in [0.5, 0.6) is 0 Å². The number of hydrogen-bond acceptors (Lipinski definition) is 2. The van der Waals surface area contributed by atoms with Gasteiger partial charge >= 0.3 is 0 Å². The minimum atomic E-state index is -3.68. The molecule has 0 saturated heterocycles. The highest BCUT2D eigenvalue weighted by molar-refractivity contribution is 7.89. The molecule has 3 unspecified atom stereocenters. The van der Waals surface area contributed by atoms with Gasteiger partial charge in [-0.05, 0) is 42.5 Å². The lowest BCUT2D eigenvalue weighted by atomic mass is 9.69. The van der Waals surface area contributed by atoms with Gasteiger partial charge in [0.25, 0.3) is 0 Å². The number of halogens is 1. The van der Waals surface area contributed by atoms with Crippen LogP contribution in [0.15, 0.2) is 29.2 Å². The second-order valence-electron chi connectivity index (χ2n) is 5.09. The van der Waals surface area contributed by atoms with Crippen molar-refractivity contribution in [3.8, 4) is 0 Å². The monoisotopic (exact) mass is 299 g/mol. The van der Waals surface area contributed by atoms with E-state index in [1.165, 1.54) is 0 Å². The first kappa shape index (κ1) is 14.6. The van der Waals surface area contributed by atoms with Crippen LogP contribution < -0.4 is 5.14 Å². The van der Waals surface area contributed by atoms with Crippen LogP contribution in [-0.2, 0) is 10.0 Å². The Hall–Kier alpha value is -0.840. The molecule has 0 aromatic heterocycles. The Kier molecular flexibility index (Phi) is 4.04. The van der Waals surface area contributed by atoms with Gasteiger partial charge in [-0.3, -0.25) is 0 Å². The first-order valence-electron chi connectivity index (χ1n) is 6.28. The summed E-state index contributed by atoms with van der Waals surface area (Å²) in [5.41, 5.74) is 1.99. The third kappa shape index (κ3) is 2.86. The molecule has 5 heteroatoms. The summed E-state index contributed by atoms with van der Waals surface area (Å²) >= 11 is 6.28. The van der Waals surface area contributed by atoms with E-state index in [-0.39, 0.29) is 16.2 Å². The molecule has 0 radical (unpaired) electrons. The maximum Gasteiger partial charge on any atom is 0.238 e. The number of nitrogens with two attached hydrogens (primary N) is 1. The molecule has 104 valence electrons. The lowest BCUT2D eigenvalue weighted by molar-refractivity contribution is 0.288. The summed E-state index contributed by atoms with van der Waals surface area (Å²) in [5.74, 6) is 0.650. The van der Waals surface area contributed by atoms with E-state index in [0.29, 0.717) is 5.92 Å². The summed E-state index contributed by atoms with van der Waals surface area (Å²) in [4.78, 5) is 0.152. The van der Waals surface area contributed by atoms with Gasteiger partial charge in [0, 0.05) is 11.3 Å². The zero-order valence-corrected chi connectivity index (χ0v) is 12.6. The van der Waals surface area contributed by atoms with Crippen LogP contribution >= 0.6 is 11.6 Å². The summed E-state index contributed by atoms with van der Waals surface area (Å²) in [6, 6.07) is 5.00. The highest BCUT2D eigenvalue weighted by Crippen LogP contribution is 2.47. The Balaban J connectivity index is 2.54. The number of sulfonamides is 1. The van der Waals surface area contributed by atoms with Crippen LogP contribution in [-0.4, -0.2) is 13.8 Å². The molecule has 1 aromatic carbocycles. The van der Waals surface area contributed by atoms with Crippen molar-refractivity contribution in [3.05, 3.63) is 35.4 Å². The molecule has 1 aliphatic carbocycles. The zero-order chi connectivity index (χ0) is 14.2. The van der Waals surface area contributed by atoms with Crippen LogP contribution in [0, 0.1) is 5.92 Å². The number of benzene rings is 1. The Morgan fingerprint density at radius 3 is 2.58 bits per heavy atom. The fourth-order valence-corrected chi connectivity index (χ4v) is 3.87. The second kappa shape index (κ2) is 5.27. The molecule has 1 fully saturated rings. The lowest BCUT2D eigenvalue weighted by Crippen LogP contribution is -2.34. The number of allylic oxidation sites excluding steroid dienone is 1. The fraction of sp³-hybridized carbons (Fsp3) is 0.429. The minimum Gasteiger partial charge on any atom is -0.225 e. The predicted octanol–water partition coefficient (Wildman–Crippen LogP) is 3.10. The molecule has 19 heavy (non-hydrogen) atoms. The highest BCUT2D eigenvalue weighted by Gasteiger charge is 2.38. The van der Waals surface area contributed by atoms with Crippen molar-refractivity contribution in [2.45, 2.75) is 36.5 Å². The molecular formula is C14H18ClNO2S. The topological polar surface area (TPSA) is 60.2 Å². The normalized spacial score (nSPS) is 27.5. The Bertz CT molecular complexity index is 602. The Labute approximate surface area is 119 Å². The molecule has 0 amide bonds. The third-order valence-electron chi connectivity index (χ3n) is 3.69. The summed E-state index contributed by atoms with van der Waals surface area (Å²) in [5, 5.41) is 5.26. The first-order valence-corrected chi connectivity index (χ1v) is 8.26. The van der Waals surface area contributed by atoms with Gasteiger partial charge < -0.3 is 0 Å². The van der Waals surface area contributed by atoms with E-state index in [9.17, 15) is 8.42 Å². The second-order valence-corrected chi connectivity index (χ2v) is 7.21. The molecule has 1 aliphatic rings. The fourth-order valence-electron chi connectivity index (χ4n) is 2.66. The number of alkyl halides is 1. The van der Waals surface area contributed by atoms with Gasteiger partial charge in [0.05, 0.1) is 4.90 Å². The van der Waals surface area contributed by atoms with Crippen molar-refractivity contribution in [1.29, 1.82) is 0 Å². The SMILES string of the molecule is C/C=C\c1ccc(S(N)(=O)=O)cc1C1C(C)CC1Cl. The van der Waals surface area contributed by atoms with E-state index >= 15 is 0 Å². The maximum atomic E-state index is 11.5. The maximum absolute atomic E-state index is 11.5. The quantitative estimate of drug-likeness (QED) is 0.872. The average Bonchev–Trinajstić information content (AvgIpc) is 2.30. The van der Waals surface area contributed by atoms with E-state index in [0.717, 1.165) is 17.5 Å². The van der Waals surface area contributed by atoms with E-state index in [1.807, 2.05) is 19.1 Å². The van der Waals surface area contributed by atoms with Gasteiger partial charge in [0.1, 0.15) is 0 Å². The number of primary sulfonamides is 1. The zero-order valence-electron chi connectivity index (χ0n) is 11.0. The summed E-state index contributed by atoms with van der Waals surface area (Å²) in [6.45, 7) is 4.06. The van der Waals surface area contributed by atoms with Crippen molar-refractivity contribution in [2.24, 2.45) is 11.1 Å². The van der Waals surface area contributed by atoms with Crippen LogP contribution in [0.1, 0.15) is 37.3 Å². The van der Waals surface area contributed by atoms with Gasteiger partial charge in [-0.25, -0.2) is 13.6 Å². The molecule has 0 bridgehead atoms. The van der Waals surface area contributed by atoms with Crippen molar-refractivity contribution >= 4 is 27.7 Å². The number of hydrogen-bond donors (Lipinski definition) is 1. The van der Waals surface area contributed by atoms with Gasteiger partial charge in [-0.15, -0.1) is 11.6 Å². The van der Waals surface area contributed by atoms with Crippen molar-refractivity contribution < 1.29 is 8.42 Å². The molecule has 0 heterocycles. The first-order chi connectivity index (χ1) is 8.84. The average molecular weight is 300 g/mol. The standard InChI is InChI=1S/C14H18ClNO2S/c1-3-4-10-5-6-11(19(16,17)18)8-12(10)14-9(2)7-13(14)15/h3-6,8-9,13-14H,7H2,1-2H3,(H2,16,17,18)/b4-3-. The van der Waals surface area contributed by atoms with Gasteiger partial charge in [0.2, 0.25) is 10.0 Å². The summed E-state index contributed by atoms with van der Waals surface area (Å²) < 4.78 is 22.9. The Morgan fingerprint density at radius 1 is 1.42 bits per heavy atom. The van der Waals surface area contributed by atoms with Crippen LogP contribution in [0.4, 0.5) is 0 Å². The summed E-state index contributed by atoms with van der Waals surface area (Å²) in [6.07, 6.45) is 4.86. The van der Waals surface area contributed by atoms with E-state index < -0.39 is 10.0 Å². The molecule has 1 aromatic rings. The molecule has 0 spiro atoms. The van der Waals surface area contributed by atoms with Crippen LogP contribution in [0.3, 0.4) is 0 Å². The molecule has 0 aliphatic heterocycles. The molecule has 2 N–H and O–H groups in total. The van der Waals surface area contributed by atoms with E-state index in [4.69, 9.17) is 16.7 Å². The number of rotatable bonds is 3. The van der Waals surface area contributed by atoms with Crippen molar-refractivity contribution in [1.82, 2.24) is 0 Å². The van der Waals surface area contributed by atoms with Crippen LogP contribution in [0.2, 0.25) is 0 Å². The largest absolute Gasteiger partial charge is 0.238 e. The molecule has 1 saturated carbocycles. The third-order valence-corrected chi connectivity index (χ3v) is 5.05. The minimum absolute atomic E-state index is 0.0646. The van der Waals surface area contributed by atoms with Crippen LogP contribution in [0.25, 0.3) is 6.08 Å². The van der Waals surface area contributed by atoms with Gasteiger partial charge in [-0.1, -0.05) is 25.1 Å². The van der Waals surface area contributed by atoms with E-state index in [1.54, 1.807) is 18.2 Å². The van der Waals surface area contributed by atoms with Gasteiger partial charge in [0.15, 0.2) is 0 Å². The molecule has 3 atom stereocenters.